The number of nitrogens with zero attached hydrogens (tertiary/aromatic N) is 3. The van der Waals surface area contributed by atoms with Crippen LogP contribution in [0.4, 0.5) is 10.2 Å². The maximum absolute atomic E-state index is 13.2. The fraction of sp³-hybridized carbons (Fsp3) is 0.444. The van der Waals surface area contributed by atoms with Crippen molar-refractivity contribution in [2.45, 2.75) is 35.4 Å². The quantitative estimate of drug-likeness (QED) is 0.569. The number of hydrogen-bond donors (Lipinski definition) is 0. The molecule has 4 rings (SSSR count). The minimum Gasteiger partial charge on any atom is -0.377 e. The lowest BCUT2D eigenvalue weighted by atomic mass is 10.2. The Kier molecular flexibility index (Phi) is 4.60. The zero-order chi connectivity index (χ0) is 19.2. The third-order valence-corrected chi connectivity index (χ3v) is 7.86. The first-order valence-corrected chi connectivity index (χ1v) is 10.6. The molecule has 0 N–H and O–H groups in total. The van der Waals surface area contributed by atoms with Crippen LogP contribution < -0.4 is 4.90 Å². The Bertz CT molecular complexity index is 964. The van der Waals surface area contributed by atoms with Gasteiger partial charge in [-0.2, -0.15) is 0 Å². The van der Waals surface area contributed by atoms with Crippen LogP contribution in [-0.2, 0) is 19.3 Å². The maximum atomic E-state index is 13.2. The standard InChI is InChI=1S/C18H19ClFN3O3S/c1-12-11-26-9-8-23(12)16-10-15(21-17(19)22-16)18(6-7-18)27(24,25)14-4-2-13(20)3-5-14/h2-5,10,12H,6-9,11H2,1H3/t12-/m0/s1. The normalized spacial score (nSPS) is 21.9. The minimum atomic E-state index is -3.73. The van der Waals surface area contributed by atoms with Crippen LogP contribution in [0.1, 0.15) is 25.5 Å². The fourth-order valence-electron chi connectivity index (χ4n) is 3.47. The van der Waals surface area contributed by atoms with Crippen molar-refractivity contribution < 1.29 is 17.5 Å². The zero-order valence-corrected chi connectivity index (χ0v) is 16.3. The van der Waals surface area contributed by atoms with Gasteiger partial charge in [-0.1, -0.05) is 0 Å². The van der Waals surface area contributed by atoms with Gasteiger partial charge in [0.15, 0.2) is 9.84 Å². The first-order chi connectivity index (χ1) is 12.8. The third kappa shape index (κ3) is 3.19. The van der Waals surface area contributed by atoms with Crippen LogP contribution in [0.2, 0.25) is 5.28 Å². The molecule has 0 amide bonds. The van der Waals surface area contributed by atoms with Crippen LogP contribution in [0.25, 0.3) is 0 Å². The summed E-state index contributed by atoms with van der Waals surface area (Å²) in [6.45, 7) is 3.79. The van der Waals surface area contributed by atoms with Gasteiger partial charge in [0.05, 0.1) is 29.8 Å². The third-order valence-electron chi connectivity index (χ3n) is 5.16. The molecule has 1 saturated heterocycles. The van der Waals surface area contributed by atoms with Crippen LogP contribution in [-0.4, -0.2) is 44.2 Å². The number of aromatic nitrogens is 2. The Balaban J connectivity index is 1.75. The lowest BCUT2D eigenvalue weighted by Crippen LogP contribution is -2.44. The molecule has 1 saturated carbocycles. The van der Waals surface area contributed by atoms with E-state index in [1.807, 2.05) is 11.8 Å². The second kappa shape index (κ2) is 6.68. The van der Waals surface area contributed by atoms with E-state index in [1.54, 1.807) is 6.07 Å². The first kappa shape index (κ1) is 18.6. The summed E-state index contributed by atoms with van der Waals surface area (Å²) < 4.78 is 44.0. The molecular formula is C18H19ClFN3O3S. The van der Waals surface area contributed by atoms with Gasteiger partial charge in [0, 0.05) is 12.6 Å². The molecule has 6 nitrogen and oxygen atoms in total. The molecular weight excluding hydrogens is 393 g/mol. The van der Waals surface area contributed by atoms with E-state index < -0.39 is 20.4 Å². The Hall–Kier alpha value is -1.77. The Morgan fingerprint density at radius 2 is 1.96 bits per heavy atom. The summed E-state index contributed by atoms with van der Waals surface area (Å²) in [6.07, 6.45) is 0.885. The van der Waals surface area contributed by atoms with E-state index in [2.05, 4.69) is 9.97 Å². The van der Waals surface area contributed by atoms with E-state index in [0.29, 0.717) is 44.1 Å². The highest BCUT2D eigenvalue weighted by molar-refractivity contribution is 7.92. The van der Waals surface area contributed by atoms with Crippen molar-refractivity contribution in [3.05, 3.63) is 47.1 Å². The molecule has 0 spiro atoms. The van der Waals surface area contributed by atoms with Gasteiger partial charge < -0.3 is 9.64 Å². The highest BCUT2D eigenvalue weighted by Gasteiger charge is 2.58. The van der Waals surface area contributed by atoms with Crippen molar-refractivity contribution in [3.8, 4) is 0 Å². The molecule has 9 heteroatoms. The van der Waals surface area contributed by atoms with E-state index in [-0.39, 0.29) is 16.2 Å². The lowest BCUT2D eigenvalue weighted by Gasteiger charge is -2.34. The number of rotatable bonds is 4. The average molecular weight is 412 g/mol. The summed E-state index contributed by atoms with van der Waals surface area (Å²) in [7, 11) is -3.73. The molecule has 1 aliphatic carbocycles. The number of anilines is 1. The second-order valence-corrected chi connectivity index (χ2v) is 9.55. The van der Waals surface area contributed by atoms with E-state index in [4.69, 9.17) is 16.3 Å². The molecule has 1 aromatic carbocycles. The maximum Gasteiger partial charge on any atom is 0.224 e. The van der Waals surface area contributed by atoms with E-state index in [1.165, 1.54) is 12.1 Å². The Morgan fingerprint density at radius 1 is 1.26 bits per heavy atom. The van der Waals surface area contributed by atoms with Gasteiger partial charge in [0.1, 0.15) is 16.4 Å². The largest absolute Gasteiger partial charge is 0.377 e. The van der Waals surface area contributed by atoms with Crippen molar-refractivity contribution in [3.63, 3.8) is 0 Å². The minimum absolute atomic E-state index is 0.0155. The molecule has 0 radical (unpaired) electrons. The van der Waals surface area contributed by atoms with Crippen molar-refractivity contribution in [1.82, 2.24) is 9.97 Å². The van der Waals surface area contributed by atoms with Crippen molar-refractivity contribution in [2.24, 2.45) is 0 Å². The van der Waals surface area contributed by atoms with Crippen LogP contribution in [0.15, 0.2) is 35.2 Å². The summed E-state index contributed by atoms with van der Waals surface area (Å²) in [5, 5.41) is 0.0155. The molecule has 0 bridgehead atoms. The van der Waals surface area contributed by atoms with E-state index >= 15 is 0 Å². The van der Waals surface area contributed by atoms with Crippen molar-refractivity contribution in [1.29, 1.82) is 0 Å². The molecule has 2 fully saturated rings. The van der Waals surface area contributed by atoms with Gasteiger partial charge in [0.2, 0.25) is 5.28 Å². The molecule has 1 aliphatic heterocycles. The molecule has 2 aromatic rings. The fourth-order valence-corrected chi connectivity index (χ4v) is 5.61. The number of sulfone groups is 1. The molecule has 2 aliphatic rings. The summed E-state index contributed by atoms with van der Waals surface area (Å²) >= 11 is 6.14. The number of ether oxygens (including phenoxy) is 1. The summed E-state index contributed by atoms with van der Waals surface area (Å²) in [5.74, 6) is 0.119. The molecule has 27 heavy (non-hydrogen) atoms. The summed E-state index contributed by atoms with van der Waals surface area (Å²) in [6, 6.07) is 6.69. The zero-order valence-electron chi connectivity index (χ0n) is 14.7. The molecule has 144 valence electrons. The summed E-state index contributed by atoms with van der Waals surface area (Å²) in [5.41, 5.74) is 0.389. The van der Waals surface area contributed by atoms with Gasteiger partial charge >= 0.3 is 0 Å². The molecule has 2 heterocycles. The van der Waals surface area contributed by atoms with E-state index in [0.717, 1.165) is 12.1 Å². The highest BCUT2D eigenvalue weighted by atomic mass is 35.5. The number of halogens is 2. The van der Waals surface area contributed by atoms with Gasteiger partial charge in [0.25, 0.3) is 0 Å². The number of benzene rings is 1. The second-order valence-electron chi connectivity index (χ2n) is 6.95. The Labute approximate surface area is 162 Å². The van der Waals surface area contributed by atoms with Gasteiger partial charge in [-0.15, -0.1) is 0 Å². The van der Waals surface area contributed by atoms with Crippen LogP contribution >= 0.6 is 11.6 Å². The van der Waals surface area contributed by atoms with Crippen molar-refractivity contribution >= 4 is 27.3 Å². The average Bonchev–Trinajstić information content (AvgIpc) is 3.44. The highest BCUT2D eigenvalue weighted by Crippen LogP contribution is 2.55. The van der Waals surface area contributed by atoms with Crippen LogP contribution in [0.5, 0.6) is 0 Å². The smallest absolute Gasteiger partial charge is 0.224 e. The predicted molar refractivity (Wildman–Crippen MR) is 99.2 cm³/mol. The monoisotopic (exact) mass is 411 g/mol. The SMILES string of the molecule is C[C@H]1COCCN1c1cc(C2(S(=O)(=O)c3ccc(F)cc3)CC2)nc(Cl)n1. The summed E-state index contributed by atoms with van der Waals surface area (Å²) in [4.78, 5) is 10.7. The van der Waals surface area contributed by atoms with Crippen LogP contribution in [0, 0.1) is 5.82 Å². The van der Waals surface area contributed by atoms with E-state index in [9.17, 15) is 12.8 Å². The number of morpholine rings is 1. The van der Waals surface area contributed by atoms with Gasteiger partial charge in [-0.25, -0.2) is 22.8 Å². The predicted octanol–water partition coefficient (Wildman–Crippen LogP) is 2.96. The van der Waals surface area contributed by atoms with Gasteiger partial charge in [-0.05, 0) is 55.6 Å². The van der Waals surface area contributed by atoms with Crippen LogP contribution in [0.3, 0.4) is 0 Å². The molecule has 0 unspecified atom stereocenters. The first-order valence-electron chi connectivity index (χ1n) is 8.73. The van der Waals surface area contributed by atoms with Gasteiger partial charge in [-0.3, -0.25) is 0 Å². The molecule has 1 atom stereocenters. The number of hydrogen-bond acceptors (Lipinski definition) is 6. The topological polar surface area (TPSA) is 72.4 Å². The van der Waals surface area contributed by atoms with Crippen molar-refractivity contribution in [2.75, 3.05) is 24.7 Å². The Morgan fingerprint density at radius 3 is 2.59 bits per heavy atom. The molecule has 1 aromatic heterocycles. The lowest BCUT2D eigenvalue weighted by molar-refractivity contribution is 0.0985.